The molecule has 0 radical (unpaired) electrons. The number of benzene rings is 3. The average molecular weight is 744 g/mol. The molecule has 2 fully saturated rings. The second kappa shape index (κ2) is 13.9. The van der Waals surface area contributed by atoms with Crippen LogP contribution in [-0.4, -0.2) is 55.7 Å². The summed E-state index contributed by atoms with van der Waals surface area (Å²) < 4.78 is 134. The molecule has 7 nitrogen and oxygen atoms in total. The van der Waals surface area contributed by atoms with Crippen LogP contribution in [-0.2, 0) is 41.1 Å². The Morgan fingerprint density at radius 2 is 1.37 bits per heavy atom. The molecule has 1 aliphatic carbocycles. The summed E-state index contributed by atoms with van der Waals surface area (Å²) in [6.45, 7) is 1.42. The maximum atomic E-state index is 14.7. The van der Waals surface area contributed by atoms with Gasteiger partial charge in [-0.25, -0.2) is 12.8 Å². The van der Waals surface area contributed by atoms with E-state index in [4.69, 9.17) is 4.74 Å². The highest BCUT2D eigenvalue weighted by Gasteiger charge is 2.73. The van der Waals surface area contributed by atoms with Crippen molar-refractivity contribution in [3.63, 3.8) is 0 Å². The van der Waals surface area contributed by atoms with Gasteiger partial charge >= 0.3 is 18.3 Å². The molecule has 1 unspecified atom stereocenters. The number of ether oxygens (including phenoxy) is 1. The lowest BCUT2D eigenvalue weighted by molar-refractivity contribution is -0.392. The molecule has 3 aromatic carbocycles. The summed E-state index contributed by atoms with van der Waals surface area (Å²) in [7, 11) is -4.56. The van der Waals surface area contributed by atoms with E-state index in [1.807, 2.05) is 0 Å². The number of nitrogens with zero attached hydrogens (tertiary/aromatic N) is 1. The van der Waals surface area contributed by atoms with E-state index in [1.54, 1.807) is 6.07 Å². The van der Waals surface area contributed by atoms with Crippen LogP contribution in [0.15, 0.2) is 71.6 Å². The number of carbonyl (C=O) groups excluding carboxylic acids is 1. The first kappa shape index (κ1) is 38.3. The number of carbonyl (C=O) groups is 2. The monoisotopic (exact) mass is 743 g/mol. The van der Waals surface area contributed by atoms with Crippen molar-refractivity contribution < 1.29 is 58.6 Å². The largest absolute Gasteiger partial charge is 0.481 e. The van der Waals surface area contributed by atoms with Crippen LogP contribution in [0.1, 0.15) is 59.9 Å². The molecule has 0 spiro atoms. The highest BCUT2D eigenvalue weighted by atomic mass is 32.2. The van der Waals surface area contributed by atoms with Crippen LogP contribution >= 0.6 is 0 Å². The van der Waals surface area contributed by atoms with Gasteiger partial charge in [-0.3, -0.25) is 9.59 Å². The first-order valence-electron chi connectivity index (χ1n) is 16.2. The number of hydrogen-bond donors (Lipinski definition) is 1. The summed E-state index contributed by atoms with van der Waals surface area (Å²) in [5, 5.41) is 9.33. The quantitative estimate of drug-likeness (QED) is 0.178. The van der Waals surface area contributed by atoms with Gasteiger partial charge in [-0.05, 0) is 92.5 Å². The van der Waals surface area contributed by atoms with E-state index >= 15 is 0 Å². The Kier molecular flexibility index (Phi) is 10.4. The minimum Gasteiger partial charge on any atom is -0.481 e. The van der Waals surface area contributed by atoms with E-state index in [2.05, 4.69) is 0 Å². The smallest absolute Gasteiger partial charge is 0.430 e. The van der Waals surface area contributed by atoms with Crippen molar-refractivity contribution >= 4 is 21.7 Å². The van der Waals surface area contributed by atoms with Crippen LogP contribution in [0, 0.1) is 31.5 Å². The molecule has 1 N–H and O–H groups in total. The van der Waals surface area contributed by atoms with Crippen molar-refractivity contribution in [2.75, 3.05) is 13.1 Å². The van der Waals surface area contributed by atoms with Crippen LogP contribution in [0.25, 0.3) is 0 Å². The molecule has 51 heavy (non-hydrogen) atoms. The number of alkyl halides is 6. The number of carboxylic acids is 1. The van der Waals surface area contributed by atoms with Gasteiger partial charge in [-0.2, -0.15) is 26.3 Å². The third-order valence-corrected chi connectivity index (χ3v) is 12.8. The van der Waals surface area contributed by atoms with Crippen molar-refractivity contribution in [2.45, 2.75) is 80.2 Å². The minimum absolute atomic E-state index is 0.117. The maximum Gasteiger partial charge on any atom is 0.430 e. The van der Waals surface area contributed by atoms with Crippen LogP contribution in [0.3, 0.4) is 0 Å². The van der Waals surface area contributed by atoms with Crippen molar-refractivity contribution in [1.82, 2.24) is 4.90 Å². The molecule has 2 aliphatic rings. The molecule has 1 heterocycles. The predicted molar refractivity (Wildman–Crippen MR) is 170 cm³/mol. The second-order valence-corrected chi connectivity index (χ2v) is 15.5. The molecular weight excluding hydrogens is 707 g/mol. The van der Waals surface area contributed by atoms with E-state index in [-0.39, 0.29) is 54.7 Å². The molecule has 1 atom stereocenters. The van der Waals surface area contributed by atoms with E-state index < -0.39 is 80.8 Å². The molecule has 0 aromatic heterocycles. The number of carboxylic acid groups (broad SMARTS) is 1. The Morgan fingerprint density at radius 1 is 0.843 bits per heavy atom. The van der Waals surface area contributed by atoms with E-state index in [0.717, 1.165) is 36.4 Å². The summed E-state index contributed by atoms with van der Waals surface area (Å²) in [4.78, 5) is 25.9. The molecule has 1 saturated carbocycles. The zero-order chi connectivity index (χ0) is 37.6. The molecule has 1 amide bonds. The summed E-state index contributed by atoms with van der Waals surface area (Å²) >= 11 is 0. The van der Waals surface area contributed by atoms with Crippen molar-refractivity contribution in [2.24, 2.45) is 11.8 Å². The molecule has 1 aliphatic heterocycles. The van der Waals surface area contributed by atoms with Gasteiger partial charge in [0.05, 0.1) is 17.4 Å². The number of sulfone groups is 1. The van der Waals surface area contributed by atoms with Crippen molar-refractivity contribution in [3.05, 3.63) is 100 Å². The fraction of sp³-hybridized carbons (Fsp3) is 0.444. The fourth-order valence-corrected chi connectivity index (χ4v) is 9.34. The van der Waals surface area contributed by atoms with E-state index in [0.29, 0.717) is 23.3 Å². The van der Waals surface area contributed by atoms with E-state index in [1.165, 1.54) is 30.9 Å². The number of halogens is 7. The number of hydrogen-bond acceptors (Lipinski definition) is 5. The standard InChI is InChI=1S/C36H36F7NO6S/c1-22-4-3-5-23(2)30(22)20-50-34(35(38,39)40,36(41,42)43)27-12-10-26(11-13-27)33(51(48,49)29-16-14-28(37)15-17-29)18-19-44(21-33)31(45)24-6-8-25(9-7-24)32(46)47/h3-5,10-17,24-25H,6-9,18-21H2,1-2H3,(H,46,47). The lowest BCUT2D eigenvalue weighted by Crippen LogP contribution is -2.56. The van der Waals surface area contributed by atoms with Crippen molar-refractivity contribution in [1.29, 1.82) is 0 Å². The zero-order valence-corrected chi connectivity index (χ0v) is 28.5. The normalized spacial score (nSPS) is 21.9. The maximum absolute atomic E-state index is 14.7. The van der Waals surface area contributed by atoms with E-state index in [9.17, 15) is 53.8 Å². The lowest BCUT2D eigenvalue weighted by atomic mass is 9.81. The lowest BCUT2D eigenvalue weighted by Gasteiger charge is -2.38. The number of aliphatic carboxylic acids is 1. The highest BCUT2D eigenvalue weighted by molar-refractivity contribution is 7.92. The topological polar surface area (TPSA) is 101 Å². The third kappa shape index (κ3) is 6.86. The summed E-state index contributed by atoms with van der Waals surface area (Å²) in [5.41, 5.74) is -5.30. The average Bonchev–Trinajstić information content (AvgIpc) is 3.53. The summed E-state index contributed by atoms with van der Waals surface area (Å²) in [6.07, 6.45) is -11.3. The molecule has 3 aromatic rings. The van der Waals surface area contributed by atoms with Gasteiger partial charge in [0.1, 0.15) is 10.6 Å². The summed E-state index contributed by atoms with van der Waals surface area (Å²) in [5.74, 6) is -3.37. The van der Waals surface area contributed by atoms with Gasteiger partial charge < -0.3 is 14.7 Å². The molecule has 5 rings (SSSR count). The van der Waals surface area contributed by atoms with Gasteiger partial charge in [0.15, 0.2) is 9.84 Å². The number of likely N-dealkylation sites (tertiary alicyclic amines) is 1. The Balaban J connectivity index is 1.56. The SMILES string of the molecule is Cc1cccc(C)c1COC(c1ccc(C2(S(=O)(=O)c3ccc(F)cc3)CCN(C(=O)C3CCC(C(=O)O)CC3)C2)cc1)(C(F)(F)F)C(F)(F)F. The van der Waals surface area contributed by atoms with Crippen LogP contribution in [0.2, 0.25) is 0 Å². The number of rotatable bonds is 9. The van der Waals surface area contributed by atoms with Gasteiger partial charge in [0.25, 0.3) is 5.60 Å². The van der Waals surface area contributed by atoms with Gasteiger partial charge in [-0.15, -0.1) is 0 Å². The third-order valence-electron chi connectivity index (χ3n) is 10.3. The van der Waals surface area contributed by atoms with Gasteiger partial charge in [0.2, 0.25) is 5.91 Å². The molecule has 0 bridgehead atoms. The number of aryl methyl sites for hydroxylation is 2. The van der Waals surface area contributed by atoms with Crippen LogP contribution < -0.4 is 0 Å². The Hall–Kier alpha value is -3.98. The van der Waals surface area contributed by atoms with Crippen LogP contribution in [0.5, 0.6) is 0 Å². The highest BCUT2D eigenvalue weighted by Crippen LogP contribution is 2.54. The van der Waals surface area contributed by atoms with Crippen molar-refractivity contribution in [3.8, 4) is 0 Å². The van der Waals surface area contributed by atoms with Gasteiger partial charge in [0, 0.05) is 24.6 Å². The first-order chi connectivity index (χ1) is 23.7. The Morgan fingerprint density at radius 3 is 1.88 bits per heavy atom. The van der Waals surface area contributed by atoms with Gasteiger partial charge in [-0.1, -0.05) is 42.5 Å². The number of amides is 1. The minimum atomic E-state index is -6.00. The molecule has 276 valence electrons. The Bertz CT molecular complexity index is 1840. The molecule has 15 heteroatoms. The zero-order valence-electron chi connectivity index (χ0n) is 27.7. The molecule has 1 saturated heterocycles. The molecular formula is C36H36F7NO6S. The first-order valence-corrected chi connectivity index (χ1v) is 17.7. The second-order valence-electron chi connectivity index (χ2n) is 13.3. The summed E-state index contributed by atoms with van der Waals surface area (Å²) in [6, 6.07) is 11.3. The predicted octanol–water partition coefficient (Wildman–Crippen LogP) is 7.77. The fourth-order valence-electron chi connectivity index (χ4n) is 7.27. The van der Waals surface area contributed by atoms with Crippen LogP contribution in [0.4, 0.5) is 30.7 Å². The Labute approximate surface area is 290 Å².